The van der Waals surface area contributed by atoms with Gasteiger partial charge < -0.3 is 14.8 Å². The molecule has 0 aromatic heterocycles. The fourth-order valence-corrected chi connectivity index (χ4v) is 4.15. The molecule has 2 aliphatic carbocycles. The van der Waals surface area contributed by atoms with E-state index < -0.39 is 0 Å². The van der Waals surface area contributed by atoms with Crippen molar-refractivity contribution in [3.05, 3.63) is 35.0 Å². The molecule has 130 valence electrons. The van der Waals surface area contributed by atoms with Crippen LogP contribution in [0.2, 0.25) is 0 Å². The highest BCUT2D eigenvalue weighted by Crippen LogP contribution is 2.68. The standard InChI is InChI=1S/C20H27NO3/c1-12(18-15(22)11-14-19(18)20(14,2)3)21-9-8-13-6-7-16(23-4)17(10-13)24-5/h6-7,10,14,19,21H,8-9,11H2,1-5H3/t14-,19-/m1/s1. The van der Waals surface area contributed by atoms with Gasteiger partial charge in [-0.3, -0.25) is 4.79 Å². The predicted molar refractivity (Wildman–Crippen MR) is 94.3 cm³/mol. The number of benzene rings is 1. The van der Waals surface area contributed by atoms with Crippen molar-refractivity contribution in [3.8, 4) is 11.5 Å². The topological polar surface area (TPSA) is 47.6 Å². The van der Waals surface area contributed by atoms with Crippen molar-refractivity contribution < 1.29 is 14.3 Å². The molecule has 2 fully saturated rings. The third-order valence-electron chi connectivity index (χ3n) is 5.72. The lowest BCUT2D eigenvalue weighted by molar-refractivity contribution is -0.115. The minimum absolute atomic E-state index is 0.301. The molecule has 2 aliphatic rings. The number of allylic oxidation sites excluding steroid dienone is 2. The molecule has 1 aromatic carbocycles. The van der Waals surface area contributed by atoms with E-state index >= 15 is 0 Å². The van der Waals surface area contributed by atoms with E-state index in [0.29, 0.717) is 23.0 Å². The van der Waals surface area contributed by atoms with Crippen LogP contribution in [0.15, 0.2) is 29.5 Å². The van der Waals surface area contributed by atoms with E-state index in [1.165, 1.54) is 5.56 Å². The molecule has 0 radical (unpaired) electrons. The van der Waals surface area contributed by atoms with Gasteiger partial charge in [-0.2, -0.15) is 0 Å². The molecule has 0 bridgehead atoms. The summed E-state index contributed by atoms with van der Waals surface area (Å²) in [5, 5.41) is 3.45. The lowest BCUT2D eigenvalue weighted by Gasteiger charge is -2.15. The number of Topliss-reactive ketones (excluding diaryl/α,β-unsaturated/α-hetero) is 1. The highest BCUT2D eigenvalue weighted by molar-refractivity contribution is 6.01. The summed E-state index contributed by atoms with van der Waals surface area (Å²) < 4.78 is 10.6. The Balaban J connectivity index is 1.62. The average Bonchev–Trinajstić information content (AvgIpc) is 2.91. The lowest BCUT2D eigenvalue weighted by Crippen LogP contribution is -2.20. The molecule has 24 heavy (non-hydrogen) atoms. The van der Waals surface area contributed by atoms with Crippen LogP contribution in [0.3, 0.4) is 0 Å². The second-order valence-electron chi connectivity index (χ2n) is 7.44. The number of methoxy groups -OCH3 is 2. The summed E-state index contributed by atoms with van der Waals surface area (Å²) in [6, 6.07) is 5.98. The molecule has 1 N–H and O–H groups in total. The van der Waals surface area contributed by atoms with Crippen LogP contribution in [-0.4, -0.2) is 26.5 Å². The van der Waals surface area contributed by atoms with E-state index in [4.69, 9.17) is 9.47 Å². The zero-order valence-corrected chi connectivity index (χ0v) is 15.2. The normalized spacial score (nSPS) is 26.0. The monoisotopic (exact) mass is 329 g/mol. The lowest BCUT2D eigenvalue weighted by atomic mass is 9.95. The van der Waals surface area contributed by atoms with Gasteiger partial charge in [0.2, 0.25) is 0 Å². The summed E-state index contributed by atoms with van der Waals surface area (Å²) in [5.74, 6) is 2.84. The Morgan fingerprint density at radius 1 is 1.25 bits per heavy atom. The Labute approximate surface area is 144 Å². The molecule has 1 aromatic rings. The molecule has 0 amide bonds. The number of nitrogens with one attached hydrogen (secondary N) is 1. The SMILES string of the molecule is COc1ccc(CCNC(C)=C2C(=O)C[C@@H]3[C@H]2C3(C)C)cc1OC. The van der Waals surface area contributed by atoms with Crippen molar-refractivity contribution in [2.24, 2.45) is 17.3 Å². The van der Waals surface area contributed by atoms with E-state index in [1.54, 1.807) is 14.2 Å². The smallest absolute Gasteiger partial charge is 0.161 e. The van der Waals surface area contributed by atoms with Gasteiger partial charge >= 0.3 is 0 Å². The highest BCUT2D eigenvalue weighted by atomic mass is 16.5. The van der Waals surface area contributed by atoms with Gasteiger partial charge in [-0.25, -0.2) is 0 Å². The Morgan fingerprint density at radius 2 is 1.96 bits per heavy atom. The van der Waals surface area contributed by atoms with E-state index in [0.717, 1.165) is 42.2 Å². The molecule has 0 saturated heterocycles. The van der Waals surface area contributed by atoms with Crippen LogP contribution >= 0.6 is 0 Å². The van der Waals surface area contributed by atoms with E-state index in [-0.39, 0.29) is 0 Å². The van der Waals surface area contributed by atoms with Gasteiger partial charge in [0.15, 0.2) is 17.3 Å². The van der Waals surface area contributed by atoms with Crippen LogP contribution in [0, 0.1) is 17.3 Å². The minimum atomic E-state index is 0.301. The van der Waals surface area contributed by atoms with Gasteiger partial charge in [-0.1, -0.05) is 19.9 Å². The van der Waals surface area contributed by atoms with Crippen LogP contribution in [0.4, 0.5) is 0 Å². The van der Waals surface area contributed by atoms with Gasteiger partial charge in [0, 0.05) is 24.2 Å². The number of carbonyl (C=O) groups is 1. The van der Waals surface area contributed by atoms with Crippen molar-refractivity contribution in [2.75, 3.05) is 20.8 Å². The van der Waals surface area contributed by atoms with Gasteiger partial charge in [0.1, 0.15) is 0 Å². The zero-order valence-electron chi connectivity index (χ0n) is 15.2. The Hall–Kier alpha value is -1.97. The maximum absolute atomic E-state index is 12.2. The summed E-state index contributed by atoms with van der Waals surface area (Å²) in [6.45, 7) is 7.38. The van der Waals surface area contributed by atoms with Gasteiger partial charge in [0.25, 0.3) is 0 Å². The third-order valence-corrected chi connectivity index (χ3v) is 5.72. The van der Waals surface area contributed by atoms with Crippen molar-refractivity contribution in [3.63, 3.8) is 0 Å². The number of rotatable bonds is 6. The number of ether oxygens (including phenoxy) is 2. The third kappa shape index (κ3) is 2.79. The first kappa shape index (κ1) is 16.9. The Kier molecular flexibility index (Phi) is 4.33. The van der Waals surface area contributed by atoms with Gasteiger partial charge in [-0.15, -0.1) is 0 Å². The van der Waals surface area contributed by atoms with E-state index in [2.05, 4.69) is 19.2 Å². The molecule has 0 heterocycles. The summed E-state index contributed by atoms with van der Waals surface area (Å²) in [5.41, 5.74) is 3.58. The Bertz CT molecular complexity index is 690. The van der Waals surface area contributed by atoms with Crippen LogP contribution in [0.1, 0.15) is 32.8 Å². The van der Waals surface area contributed by atoms with Crippen LogP contribution < -0.4 is 14.8 Å². The summed E-state index contributed by atoms with van der Waals surface area (Å²) in [6.07, 6.45) is 1.60. The quantitative estimate of drug-likeness (QED) is 0.813. The second kappa shape index (κ2) is 6.15. The average molecular weight is 329 g/mol. The molecular formula is C20H27NO3. The highest BCUT2D eigenvalue weighted by Gasteiger charge is 2.65. The molecule has 3 rings (SSSR count). The van der Waals surface area contributed by atoms with Crippen molar-refractivity contribution >= 4 is 5.78 Å². The van der Waals surface area contributed by atoms with Crippen molar-refractivity contribution in [1.29, 1.82) is 0 Å². The molecule has 4 heteroatoms. The largest absolute Gasteiger partial charge is 0.493 e. The molecular weight excluding hydrogens is 302 g/mol. The molecule has 2 saturated carbocycles. The van der Waals surface area contributed by atoms with Crippen LogP contribution in [0.25, 0.3) is 0 Å². The fraction of sp³-hybridized carbons (Fsp3) is 0.550. The first-order valence-corrected chi connectivity index (χ1v) is 8.59. The number of hydrogen-bond acceptors (Lipinski definition) is 4. The molecule has 0 spiro atoms. The first-order chi connectivity index (χ1) is 11.4. The Morgan fingerprint density at radius 3 is 2.58 bits per heavy atom. The molecule has 4 nitrogen and oxygen atoms in total. The summed E-state index contributed by atoms with van der Waals surface area (Å²) in [4.78, 5) is 12.2. The van der Waals surface area contributed by atoms with E-state index in [1.807, 2.05) is 25.1 Å². The molecule has 2 atom stereocenters. The van der Waals surface area contributed by atoms with E-state index in [9.17, 15) is 4.79 Å². The number of fused-ring (bicyclic) bond motifs is 1. The van der Waals surface area contributed by atoms with Crippen LogP contribution in [0.5, 0.6) is 11.5 Å². The van der Waals surface area contributed by atoms with Gasteiger partial charge in [0.05, 0.1) is 14.2 Å². The number of ketones is 1. The summed E-state index contributed by atoms with van der Waals surface area (Å²) >= 11 is 0. The van der Waals surface area contributed by atoms with Gasteiger partial charge in [-0.05, 0) is 48.3 Å². The van der Waals surface area contributed by atoms with Crippen LogP contribution in [-0.2, 0) is 11.2 Å². The second-order valence-corrected chi connectivity index (χ2v) is 7.44. The van der Waals surface area contributed by atoms with Crippen molar-refractivity contribution in [2.45, 2.75) is 33.6 Å². The fourth-order valence-electron chi connectivity index (χ4n) is 4.15. The molecule has 0 unspecified atom stereocenters. The number of hydrogen-bond donors (Lipinski definition) is 1. The maximum Gasteiger partial charge on any atom is 0.161 e. The van der Waals surface area contributed by atoms with Crippen molar-refractivity contribution in [1.82, 2.24) is 5.32 Å². The minimum Gasteiger partial charge on any atom is -0.493 e. The maximum atomic E-state index is 12.2. The first-order valence-electron chi connectivity index (χ1n) is 8.59. The predicted octanol–water partition coefficient (Wildman–Crippen LogP) is 3.35. The zero-order chi connectivity index (χ0) is 17.5. The number of carbonyl (C=O) groups excluding carboxylic acids is 1. The summed E-state index contributed by atoms with van der Waals surface area (Å²) in [7, 11) is 3.29. The molecule has 0 aliphatic heterocycles.